The molecule has 1 saturated carbocycles. The Labute approximate surface area is 109 Å². The summed E-state index contributed by atoms with van der Waals surface area (Å²) < 4.78 is 10.9. The SMILES string of the molecule is CC1CNCC(COC(=O)NC2CCCCC2)O1. The summed E-state index contributed by atoms with van der Waals surface area (Å²) in [6.07, 6.45) is 5.72. The second-order valence-corrected chi connectivity index (χ2v) is 5.30. The van der Waals surface area contributed by atoms with Gasteiger partial charge in [0.15, 0.2) is 0 Å². The summed E-state index contributed by atoms with van der Waals surface area (Å²) in [5.41, 5.74) is 0. The van der Waals surface area contributed by atoms with Crippen molar-refractivity contribution in [3.05, 3.63) is 0 Å². The van der Waals surface area contributed by atoms with Crippen LogP contribution >= 0.6 is 0 Å². The van der Waals surface area contributed by atoms with Crippen LogP contribution in [0.25, 0.3) is 0 Å². The van der Waals surface area contributed by atoms with Gasteiger partial charge in [-0.1, -0.05) is 19.3 Å². The molecule has 2 rings (SSSR count). The van der Waals surface area contributed by atoms with Crippen molar-refractivity contribution >= 4 is 6.09 Å². The monoisotopic (exact) mass is 256 g/mol. The molecule has 2 atom stereocenters. The lowest BCUT2D eigenvalue weighted by molar-refractivity contribution is -0.0549. The Balaban J connectivity index is 1.61. The first kappa shape index (κ1) is 13.6. The molecule has 2 fully saturated rings. The number of carbonyl (C=O) groups is 1. The molecule has 0 radical (unpaired) electrons. The standard InChI is InChI=1S/C13H24N2O3/c1-10-7-14-8-12(18-10)9-17-13(16)15-11-5-3-2-4-6-11/h10-12,14H,2-9H2,1H3,(H,15,16). The van der Waals surface area contributed by atoms with Gasteiger partial charge < -0.3 is 20.1 Å². The normalized spacial score (nSPS) is 29.8. The van der Waals surface area contributed by atoms with E-state index >= 15 is 0 Å². The van der Waals surface area contributed by atoms with Crippen molar-refractivity contribution in [2.75, 3.05) is 19.7 Å². The van der Waals surface area contributed by atoms with E-state index in [2.05, 4.69) is 10.6 Å². The number of morpholine rings is 1. The van der Waals surface area contributed by atoms with Crippen LogP contribution in [-0.2, 0) is 9.47 Å². The fraction of sp³-hybridized carbons (Fsp3) is 0.923. The fourth-order valence-corrected chi connectivity index (χ4v) is 2.59. The first-order valence-electron chi connectivity index (χ1n) is 7.03. The van der Waals surface area contributed by atoms with Gasteiger partial charge in [-0.3, -0.25) is 0 Å². The van der Waals surface area contributed by atoms with Crippen molar-refractivity contribution < 1.29 is 14.3 Å². The maximum Gasteiger partial charge on any atom is 0.407 e. The van der Waals surface area contributed by atoms with E-state index in [1.807, 2.05) is 6.92 Å². The minimum absolute atomic E-state index is 0.0224. The lowest BCUT2D eigenvalue weighted by Gasteiger charge is -2.28. The maximum atomic E-state index is 11.6. The first-order chi connectivity index (χ1) is 8.74. The van der Waals surface area contributed by atoms with Gasteiger partial charge in [0.05, 0.1) is 6.10 Å². The molecule has 5 nitrogen and oxygen atoms in total. The van der Waals surface area contributed by atoms with Crippen LogP contribution < -0.4 is 10.6 Å². The van der Waals surface area contributed by atoms with Crippen LogP contribution in [0.1, 0.15) is 39.0 Å². The van der Waals surface area contributed by atoms with E-state index < -0.39 is 0 Å². The Bertz CT molecular complexity index is 267. The average Bonchev–Trinajstić information content (AvgIpc) is 2.38. The minimum atomic E-state index is -0.302. The van der Waals surface area contributed by atoms with Gasteiger partial charge in [0.25, 0.3) is 0 Å². The number of nitrogens with one attached hydrogen (secondary N) is 2. The molecule has 0 aromatic rings. The number of hydrogen-bond acceptors (Lipinski definition) is 4. The number of alkyl carbamates (subject to hydrolysis) is 1. The molecule has 1 heterocycles. The number of amides is 1. The molecule has 0 bridgehead atoms. The molecule has 2 N–H and O–H groups in total. The van der Waals surface area contributed by atoms with Gasteiger partial charge in [0, 0.05) is 19.1 Å². The number of carbonyl (C=O) groups excluding carboxylic acids is 1. The Morgan fingerprint density at radius 1 is 1.33 bits per heavy atom. The molecule has 1 saturated heterocycles. The molecule has 1 aliphatic carbocycles. The third-order valence-electron chi connectivity index (χ3n) is 3.56. The largest absolute Gasteiger partial charge is 0.447 e. The van der Waals surface area contributed by atoms with Crippen molar-refractivity contribution in [2.24, 2.45) is 0 Å². The summed E-state index contributed by atoms with van der Waals surface area (Å²) in [7, 11) is 0. The van der Waals surface area contributed by atoms with Gasteiger partial charge in [-0.15, -0.1) is 0 Å². The Kier molecular flexibility index (Phi) is 5.26. The zero-order chi connectivity index (χ0) is 12.8. The molecule has 0 aromatic carbocycles. The molecule has 2 unspecified atom stereocenters. The highest BCUT2D eigenvalue weighted by molar-refractivity contribution is 5.67. The molecule has 18 heavy (non-hydrogen) atoms. The van der Waals surface area contributed by atoms with E-state index in [9.17, 15) is 4.79 Å². The first-order valence-corrected chi connectivity index (χ1v) is 7.03. The summed E-state index contributed by atoms with van der Waals surface area (Å²) >= 11 is 0. The number of rotatable bonds is 3. The Morgan fingerprint density at radius 3 is 2.83 bits per heavy atom. The second kappa shape index (κ2) is 6.95. The lowest BCUT2D eigenvalue weighted by Crippen LogP contribution is -2.46. The van der Waals surface area contributed by atoms with E-state index in [1.54, 1.807) is 0 Å². The van der Waals surface area contributed by atoms with Crippen molar-refractivity contribution in [3.63, 3.8) is 0 Å². The molecular formula is C13H24N2O3. The highest BCUT2D eigenvalue weighted by atomic mass is 16.6. The highest BCUT2D eigenvalue weighted by Crippen LogP contribution is 2.17. The molecule has 2 aliphatic rings. The molecular weight excluding hydrogens is 232 g/mol. The maximum absolute atomic E-state index is 11.6. The van der Waals surface area contributed by atoms with Gasteiger partial charge in [0.2, 0.25) is 0 Å². The van der Waals surface area contributed by atoms with Crippen LogP contribution in [0.15, 0.2) is 0 Å². The van der Waals surface area contributed by atoms with Crippen molar-refractivity contribution in [2.45, 2.75) is 57.3 Å². The smallest absolute Gasteiger partial charge is 0.407 e. The Morgan fingerprint density at radius 2 is 2.11 bits per heavy atom. The van der Waals surface area contributed by atoms with Gasteiger partial charge in [-0.05, 0) is 19.8 Å². The minimum Gasteiger partial charge on any atom is -0.447 e. The topological polar surface area (TPSA) is 59.6 Å². The number of hydrogen-bond donors (Lipinski definition) is 2. The van der Waals surface area contributed by atoms with Gasteiger partial charge >= 0.3 is 6.09 Å². The van der Waals surface area contributed by atoms with Crippen LogP contribution in [0.4, 0.5) is 4.79 Å². The average molecular weight is 256 g/mol. The van der Waals surface area contributed by atoms with E-state index in [0.717, 1.165) is 25.9 Å². The molecule has 1 aliphatic heterocycles. The summed E-state index contributed by atoms with van der Waals surface area (Å²) in [6, 6.07) is 0.301. The highest BCUT2D eigenvalue weighted by Gasteiger charge is 2.21. The Hall–Kier alpha value is -0.810. The van der Waals surface area contributed by atoms with E-state index in [1.165, 1.54) is 19.3 Å². The molecule has 0 spiro atoms. The lowest BCUT2D eigenvalue weighted by atomic mass is 9.96. The van der Waals surface area contributed by atoms with Gasteiger partial charge in [-0.25, -0.2) is 4.79 Å². The fourth-order valence-electron chi connectivity index (χ4n) is 2.59. The van der Waals surface area contributed by atoms with Crippen molar-refractivity contribution in [3.8, 4) is 0 Å². The molecule has 1 amide bonds. The van der Waals surface area contributed by atoms with E-state index in [-0.39, 0.29) is 18.3 Å². The summed E-state index contributed by atoms with van der Waals surface area (Å²) in [4.78, 5) is 11.6. The third-order valence-corrected chi connectivity index (χ3v) is 3.56. The van der Waals surface area contributed by atoms with Crippen LogP contribution in [-0.4, -0.2) is 44.0 Å². The summed E-state index contributed by atoms with van der Waals surface area (Å²) in [5.74, 6) is 0. The van der Waals surface area contributed by atoms with E-state index in [0.29, 0.717) is 12.6 Å². The zero-order valence-electron chi connectivity index (χ0n) is 11.1. The summed E-state index contributed by atoms with van der Waals surface area (Å²) in [5, 5.41) is 6.19. The van der Waals surface area contributed by atoms with Crippen LogP contribution in [0.5, 0.6) is 0 Å². The van der Waals surface area contributed by atoms with Crippen LogP contribution in [0.2, 0.25) is 0 Å². The predicted molar refractivity (Wildman–Crippen MR) is 68.6 cm³/mol. The van der Waals surface area contributed by atoms with Crippen molar-refractivity contribution in [1.82, 2.24) is 10.6 Å². The van der Waals surface area contributed by atoms with Gasteiger partial charge in [-0.2, -0.15) is 0 Å². The van der Waals surface area contributed by atoms with Crippen LogP contribution in [0, 0.1) is 0 Å². The summed E-state index contributed by atoms with van der Waals surface area (Å²) in [6.45, 7) is 3.96. The molecule has 5 heteroatoms. The molecule has 104 valence electrons. The quantitative estimate of drug-likeness (QED) is 0.802. The van der Waals surface area contributed by atoms with Crippen LogP contribution in [0.3, 0.4) is 0 Å². The predicted octanol–water partition coefficient (Wildman–Crippen LogP) is 1.42. The second-order valence-electron chi connectivity index (χ2n) is 5.30. The van der Waals surface area contributed by atoms with Crippen molar-refractivity contribution in [1.29, 1.82) is 0 Å². The van der Waals surface area contributed by atoms with Gasteiger partial charge in [0.1, 0.15) is 12.7 Å². The van der Waals surface area contributed by atoms with E-state index in [4.69, 9.17) is 9.47 Å². The zero-order valence-corrected chi connectivity index (χ0v) is 11.1. The number of ether oxygens (including phenoxy) is 2. The molecule has 0 aromatic heterocycles. The third kappa shape index (κ3) is 4.46.